The van der Waals surface area contributed by atoms with Crippen molar-refractivity contribution in [3.05, 3.63) is 59.5 Å². The van der Waals surface area contributed by atoms with Gasteiger partial charge in [0, 0.05) is 6.54 Å². The Kier molecular flexibility index (Phi) is 4.18. The third-order valence-electron chi connectivity index (χ3n) is 2.89. The number of nitrogens with zero attached hydrogens (tertiary/aromatic N) is 1. The zero-order chi connectivity index (χ0) is 13.0. The van der Waals surface area contributed by atoms with Gasteiger partial charge >= 0.3 is 0 Å². The topological polar surface area (TPSA) is 36.6 Å². The van der Waals surface area contributed by atoms with Gasteiger partial charge in [-0.2, -0.15) is 0 Å². The molecular formula is C15H19NO2. The monoisotopic (exact) mass is 245 g/mol. The van der Waals surface area contributed by atoms with Crippen molar-refractivity contribution < 1.29 is 9.52 Å². The van der Waals surface area contributed by atoms with E-state index in [1.54, 1.807) is 0 Å². The van der Waals surface area contributed by atoms with Crippen LogP contribution < -0.4 is 0 Å². The number of rotatable bonds is 5. The number of likely N-dealkylation sites (N-methyl/N-ethyl adjacent to an activating group) is 1. The average molecular weight is 245 g/mol. The molecule has 0 fully saturated rings. The summed E-state index contributed by atoms with van der Waals surface area (Å²) in [6.45, 7) is 3.23. The first-order valence-electron chi connectivity index (χ1n) is 6.12. The Labute approximate surface area is 108 Å². The fourth-order valence-corrected chi connectivity index (χ4v) is 1.98. The van der Waals surface area contributed by atoms with Gasteiger partial charge < -0.3 is 9.52 Å². The first-order valence-corrected chi connectivity index (χ1v) is 6.12. The van der Waals surface area contributed by atoms with Crippen LogP contribution in [0.2, 0.25) is 0 Å². The molecule has 3 nitrogen and oxygen atoms in total. The van der Waals surface area contributed by atoms with Crippen molar-refractivity contribution in [3.8, 4) is 0 Å². The van der Waals surface area contributed by atoms with Crippen LogP contribution in [0.4, 0.5) is 0 Å². The fourth-order valence-electron chi connectivity index (χ4n) is 1.98. The number of hydrogen-bond acceptors (Lipinski definition) is 3. The van der Waals surface area contributed by atoms with Gasteiger partial charge in [-0.1, -0.05) is 30.3 Å². The maximum atomic E-state index is 10.1. The summed E-state index contributed by atoms with van der Waals surface area (Å²) in [5.74, 6) is 1.84. The van der Waals surface area contributed by atoms with E-state index in [0.29, 0.717) is 13.1 Å². The molecule has 0 aliphatic rings. The lowest BCUT2D eigenvalue weighted by Crippen LogP contribution is -2.24. The highest BCUT2D eigenvalue weighted by molar-refractivity contribution is 5.17. The molecule has 0 saturated heterocycles. The minimum absolute atomic E-state index is 0.466. The van der Waals surface area contributed by atoms with Gasteiger partial charge in [0.2, 0.25) is 0 Å². The highest BCUT2D eigenvalue weighted by atomic mass is 16.3. The van der Waals surface area contributed by atoms with Crippen molar-refractivity contribution in [2.75, 3.05) is 13.6 Å². The van der Waals surface area contributed by atoms with E-state index in [-0.39, 0.29) is 0 Å². The SMILES string of the molecule is Cc1ccc(CN(C)C[C@@H](O)c2ccccc2)o1. The van der Waals surface area contributed by atoms with Gasteiger partial charge in [0.1, 0.15) is 11.5 Å². The summed E-state index contributed by atoms with van der Waals surface area (Å²) in [4.78, 5) is 2.05. The predicted octanol–water partition coefficient (Wildman–Crippen LogP) is 2.75. The Morgan fingerprint density at radius 1 is 1.17 bits per heavy atom. The molecular weight excluding hydrogens is 226 g/mol. The number of hydrogen-bond donors (Lipinski definition) is 1. The maximum absolute atomic E-state index is 10.1. The predicted molar refractivity (Wildman–Crippen MR) is 71.2 cm³/mol. The summed E-state index contributed by atoms with van der Waals surface area (Å²) in [6.07, 6.45) is -0.466. The second kappa shape index (κ2) is 5.85. The van der Waals surface area contributed by atoms with Crippen LogP contribution in [0.15, 0.2) is 46.9 Å². The molecule has 0 radical (unpaired) electrons. The molecule has 2 aromatic rings. The van der Waals surface area contributed by atoms with Crippen molar-refractivity contribution in [1.29, 1.82) is 0 Å². The van der Waals surface area contributed by atoms with Crippen LogP contribution in [-0.2, 0) is 6.54 Å². The molecule has 1 heterocycles. The number of furan rings is 1. The van der Waals surface area contributed by atoms with Gasteiger partial charge in [-0.3, -0.25) is 4.90 Å². The van der Waals surface area contributed by atoms with E-state index in [0.717, 1.165) is 17.1 Å². The van der Waals surface area contributed by atoms with Crippen LogP contribution in [0.1, 0.15) is 23.2 Å². The lowest BCUT2D eigenvalue weighted by Gasteiger charge is -2.19. The summed E-state index contributed by atoms with van der Waals surface area (Å²) >= 11 is 0. The van der Waals surface area contributed by atoms with Crippen molar-refractivity contribution >= 4 is 0 Å². The molecule has 0 bridgehead atoms. The molecule has 0 unspecified atom stereocenters. The van der Waals surface area contributed by atoms with Crippen molar-refractivity contribution in [2.45, 2.75) is 19.6 Å². The maximum Gasteiger partial charge on any atom is 0.118 e. The van der Waals surface area contributed by atoms with Crippen LogP contribution in [0, 0.1) is 6.92 Å². The highest BCUT2D eigenvalue weighted by Gasteiger charge is 2.11. The molecule has 0 spiro atoms. The second-order valence-corrected chi connectivity index (χ2v) is 4.64. The zero-order valence-corrected chi connectivity index (χ0v) is 10.8. The lowest BCUT2D eigenvalue weighted by molar-refractivity contribution is 0.120. The molecule has 1 aromatic carbocycles. The van der Waals surface area contributed by atoms with Gasteiger partial charge in [-0.15, -0.1) is 0 Å². The Bertz CT molecular complexity index is 478. The molecule has 0 amide bonds. The third kappa shape index (κ3) is 3.45. The zero-order valence-electron chi connectivity index (χ0n) is 10.8. The van der Waals surface area contributed by atoms with Gasteiger partial charge in [-0.25, -0.2) is 0 Å². The second-order valence-electron chi connectivity index (χ2n) is 4.64. The average Bonchev–Trinajstić information content (AvgIpc) is 2.75. The van der Waals surface area contributed by atoms with Gasteiger partial charge in [0.25, 0.3) is 0 Å². The van der Waals surface area contributed by atoms with Crippen molar-refractivity contribution in [2.24, 2.45) is 0 Å². The number of benzene rings is 1. The minimum Gasteiger partial charge on any atom is -0.465 e. The number of aryl methyl sites for hydroxylation is 1. The van der Waals surface area contributed by atoms with Crippen LogP contribution in [-0.4, -0.2) is 23.6 Å². The third-order valence-corrected chi connectivity index (χ3v) is 2.89. The van der Waals surface area contributed by atoms with E-state index in [1.807, 2.05) is 56.4 Å². The molecule has 2 rings (SSSR count). The smallest absolute Gasteiger partial charge is 0.118 e. The molecule has 1 aromatic heterocycles. The molecule has 1 N–H and O–H groups in total. The number of aliphatic hydroxyl groups is 1. The molecule has 1 atom stereocenters. The first kappa shape index (κ1) is 12.9. The largest absolute Gasteiger partial charge is 0.465 e. The first-order chi connectivity index (χ1) is 8.65. The molecule has 0 aliphatic carbocycles. The van der Waals surface area contributed by atoms with E-state index >= 15 is 0 Å². The summed E-state index contributed by atoms with van der Waals surface area (Å²) in [5, 5.41) is 10.1. The van der Waals surface area contributed by atoms with Gasteiger partial charge in [-0.05, 0) is 31.7 Å². The van der Waals surface area contributed by atoms with E-state index in [2.05, 4.69) is 4.90 Å². The van der Waals surface area contributed by atoms with Crippen LogP contribution >= 0.6 is 0 Å². The van der Waals surface area contributed by atoms with Gasteiger partial charge in [0.15, 0.2) is 0 Å². The standard InChI is InChI=1S/C15H19NO2/c1-12-8-9-14(18-12)10-16(2)11-15(17)13-6-4-3-5-7-13/h3-9,15,17H,10-11H2,1-2H3/t15-/m1/s1. The summed E-state index contributed by atoms with van der Waals surface area (Å²) in [6, 6.07) is 13.6. The Balaban J connectivity index is 1.89. The Hall–Kier alpha value is -1.58. The van der Waals surface area contributed by atoms with Crippen LogP contribution in [0.5, 0.6) is 0 Å². The van der Waals surface area contributed by atoms with E-state index in [9.17, 15) is 5.11 Å². The van der Waals surface area contributed by atoms with Crippen molar-refractivity contribution in [3.63, 3.8) is 0 Å². The van der Waals surface area contributed by atoms with E-state index in [1.165, 1.54) is 0 Å². The van der Waals surface area contributed by atoms with Gasteiger partial charge in [0.05, 0.1) is 12.6 Å². The van der Waals surface area contributed by atoms with Crippen molar-refractivity contribution in [1.82, 2.24) is 4.90 Å². The summed E-state index contributed by atoms with van der Waals surface area (Å²) < 4.78 is 5.52. The molecule has 0 saturated carbocycles. The van der Waals surface area contributed by atoms with Crippen LogP contribution in [0.3, 0.4) is 0 Å². The quantitative estimate of drug-likeness (QED) is 0.880. The molecule has 18 heavy (non-hydrogen) atoms. The van der Waals surface area contributed by atoms with E-state index < -0.39 is 6.10 Å². The van der Waals surface area contributed by atoms with Crippen LogP contribution in [0.25, 0.3) is 0 Å². The minimum atomic E-state index is -0.466. The fraction of sp³-hybridized carbons (Fsp3) is 0.333. The Morgan fingerprint density at radius 3 is 2.50 bits per heavy atom. The molecule has 0 aliphatic heterocycles. The van der Waals surface area contributed by atoms with E-state index in [4.69, 9.17) is 4.42 Å². The summed E-state index contributed by atoms with van der Waals surface area (Å²) in [5.41, 5.74) is 0.944. The molecule has 96 valence electrons. The Morgan fingerprint density at radius 2 is 1.89 bits per heavy atom. The highest BCUT2D eigenvalue weighted by Crippen LogP contribution is 2.15. The number of aliphatic hydroxyl groups excluding tert-OH is 1. The molecule has 3 heteroatoms. The summed E-state index contributed by atoms with van der Waals surface area (Å²) in [7, 11) is 1.98. The normalized spacial score (nSPS) is 12.9. The lowest BCUT2D eigenvalue weighted by atomic mass is 10.1.